The van der Waals surface area contributed by atoms with Crippen molar-refractivity contribution in [3.8, 4) is 0 Å². The summed E-state index contributed by atoms with van der Waals surface area (Å²) in [6, 6.07) is 0. The highest BCUT2D eigenvalue weighted by Gasteiger charge is 1.95. The molecule has 0 N–H and O–H groups in total. The Hall–Kier alpha value is -0.780. The molecule has 0 radical (unpaired) electrons. The number of rotatable bonds is 4. The van der Waals surface area contributed by atoms with Crippen LogP contribution < -0.4 is 0 Å². The van der Waals surface area contributed by atoms with E-state index in [9.17, 15) is 0 Å². The summed E-state index contributed by atoms with van der Waals surface area (Å²) < 4.78 is 0. The van der Waals surface area contributed by atoms with Crippen molar-refractivity contribution >= 4 is 0 Å². The van der Waals surface area contributed by atoms with Gasteiger partial charge in [-0.2, -0.15) is 0 Å². The summed E-state index contributed by atoms with van der Waals surface area (Å²) in [5.41, 5.74) is 1.36. The Balaban J connectivity index is 3.77. The first kappa shape index (κ1) is 9.22. The standard InChI is InChI=1S/C10H16/c1-5-7-10(4)8-9(3)6-2/h5-7,9H,1-2,8H2,3-4H3/b10-7+. The van der Waals surface area contributed by atoms with Crippen molar-refractivity contribution in [1.82, 2.24) is 0 Å². The zero-order valence-corrected chi connectivity index (χ0v) is 6.93. The van der Waals surface area contributed by atoms with Crippen LogP contribution in [0.2, 0.25) is 0 Å². The van der Waals surface area contributed by atoms with Gasteiger partial charge < -0.3 is 0 Å². The number of hydrogen-bond donors (Lipinski definition) is 0. The van der Waals surface area contributed by atoms with Gasteiger partial charge in [0, 0.05) is 0 Å². The Morgan fingerprint density at radius 3 is 2.50 bits per heavy atom. The van der Waals surface area contributed by atoms with Crippen LogP contribution in [0.15, 0.2) is 37.0 Å². The molecule has 0 aliphatic carbocycles. The SMILES string of the molecule is C=C/C=C(\C)CC(C)C=C. The van der Waals surface area contributed by atoms with Crippen molar-refractivity contribution < 1.29 is 0 Å². The van der Waals surface area contributed by atoms with Gasteiger partial charge in [0.15, 0.2) is 0 Å². The molecule has 0 aliphatic heterocycles. The fraction of sp³-hybridized carbons (Fsp3) is 0.400. The van der Waals surface area contributed by atoms with Crippen LogP contribution in [0.3, 0.4) is 0 Å². The normalized spacial score (nSPS) is 14.4. The summed E-state index contributed by atoms with van der Waals surface area (Å²) >= 11 is 0. The van der Waals surface area contributed by atoms with Gasteiger partial charge in [-0.1, -0.05) is 37.3 Å². The molecular formula is C10H16. The van der Waals surface area contributed by atoms with Gasteiger partial charge in [-0.15, -0.1) is 6.58 Å². The van der Waals surface area contributed by atoms with E-state index in [1.807, 2.05) is 18.2 Å². The molecule has 0 spiro atoms. The zero-order chi connectivity index (χ0) is 7.98. The van der Waals surface area contributed by atoms with Crippen LogP contribution in [0.5, 0.6) is 0 Å². The predicted octanol–water partition coefficient (Wildman–Crippen LogP) is 3.33. The van der Waals surface area contributed by atoms with E-state index in [2.05, 4.69) is 27.0 Å². The van der Waals surface area contributed by atoms with E-state index in [-0.39, 0.29) is 0 Å². The van der Waals surface area contributed by atoms with Crippen molar-refractivity contribution in [1.29, 1.82) is 0 Å². The second-order valence-corrected chi connectivity index (χ2v) is 2.67. The topological polar surface area (TPSA) is 0 Å². The Morgan fingerprint density at radius 2 is 2.10 bits per heavy atom. The largest absolute Gasteiger partial charge is 0.103 e. The first-order chi connectivity index (χ1) is 4.70. The zero-order valence-electron chi connectivity index (χ0n) is 6.93. The third-order valence-corrected chi connectivity index (χ3v) is 1.45. The van der Waals surface area contributed by atoms with Crippen molar-refractivity contribution in [3.63, 3.8) is 0 Å². The van der Waals surface area contributed by atoms with E-state index in [4.69, 9.17) is 0 Å². The summed E-state index contributed by atoms with van der Waals surface area (Å²) in [5, 5.41) is 0. The summed E-state index contributed by atoms with van der Waals surface area (Å²) in [5.74, 6) is 0.580. The van der Waals surface area contributed by atoms with E-state index in [1.165, 1.54) is 5.57 Å². The van der Waals surface area contributed by atoms with Gasteiger partial charge in [-0.3, -0.25) is 0 Å². The summed E-state index contributed by atoms with van der Waals surface area (Å²) in [6.07, 6.45) is 6.93. The first-order valence-electron chi connectivity index (χ1n) is 3.61. The molecule has 0 fully saturated rings. The summed E-state index contributed by atoms with van der Waals surface area (Å²) in [7, 11) is 0. The lowest BCUT2D eigenvalue weighted by Gasteiger charge is -2.03. The molecule has 0 rings (SSSR count). The van der Waals surface area contributed by atoms with Crippen molar-refractivity contribution in [2.75, 3.05) is 0 Å². The van der Waals surface area contributed by atoms with Gasteiger partial charge in [0.25, 0.3) is 0 Å². The third kappa shape index (κ3) is 4.13. The van der Waals surface area contributed by atoms with Gasteiger partial charge in [0.05, 0.1) is 0 Å². The second kappa shape index (κ2) is 5.04. The average molecular weight is 136 g/mol. The minimum atomic E-state index is 0.580. The molecule has 0 heterocycles. The van der Waals surface area contributed by atoms with Crippen LogP contribution in [-0.4, -0.2) is 0 Å². The molecule has 0 aliphatic rings. The molecule has 0 amide bonds. The van der Waals surface area contributed by atoms with Crippen LogP contribution in [0, 0.1) is 5.92 Å². The average Bonchev–Trinajstić information content (AvgIpc) is 1.88. The van der Waals surface area contributed by atoms with Crippen LogP contribution in [0.1, 0.15) is 20.3 Å². The lowest BCUT2D eigenvalue weighted by molar-refractivity contribution is 0.718. The maximum Gasteiger partial charge on any atom is -0.0227 e. The third-order valence-electron chi connectivity index (χ3n) is 1.45. The number of hydrogen-bond acceptors (Lipinski definition) is 0. The lowest BCUT2D eigenvalue weighted by atomic mass is 10.0. The van der Waals surface area contributed by atoms with E-state index in [0.29, 0.717) is 5.92 Å². The van der Waals surface area contributed by atoms with Crippen molar-refractivity contribution in [2.45, 2.75) is 20.3 Å². The highest BCUT2D eigenvalue weighted by atomic mass is 14.0. The predicted molar refractivity (Wildman–Crippen MR) is 47.9 cm³/mol. The van der Waals surface area contributed by atoms with Crippen molar-refractivity contribution in [2.24, 2.45) is 5.92 Å². The van der Waals surface area contributed by atoms with Gasteiger partial charge in [0.1, 0.15) is 0 Å². The van der Waals surface area contributed by atoms with Crippen LogP contribution in [-0.2, 0) is 0 Å². The smallest absolute Gasteiger partial charge is 0.0227 e. The monoisotopic (exact) mass is 136 g/mol. The minimum absolute atomic E-state index is 0.580. The Morgan fingerprint density at radius 1 is 1.50 bits per heavy atom. The van der Waals surface area contributed by atoms with Crippen LogP contribution >= 0.6 is 0 Å². The molecule has 1 atom stereocenters. The molecule has 0 bridgehead atoms. The van der Waals surface area contributed by atoms with E-state index in [1.54, 1.807) is 0 Å². The van der Waals surface area contributed by atoms with E-state index >= 15 is 0 Å². The highest BCUT2D eigenvalue weighted by Crippen LogP contribution is 2.10. The molecule has 0 saturated carbocycles. The van der Waals surface area contributed by atoms with Crippen LogP contribution in [0.4, 0.5) is 0 Å². The molecular weight excluding hydrogens is 120 g/mol. The first-order valence-corrected chi connectivity index (χ1v) is 3.61. The summed E-state index contributed by atoms with van der Waals surface area (Å²) in [6.45, 7) is 11.6. The van der Waals surface area contributed by atoms with Gasteiger partial charge in [0.2, 0.25) is 0 Å². The van der Waals surface area contributed by atoms with Crippen molar-refractivity contribution in [3.05, 3.63) is 37.0 Å². The van der Waals surface area contributed by atoms with E-state index < -0.39 is 0 Å². The molecule has 0 aromatic heterocycles. The fourth-order valence-corrected chi connectivity index (χ4v) is 0.860. The van der Waals surface area contributed by atoms with Gasteiger partial charge in [-0.05, 0) is 19.3 Å². The van der Waals surface area contributed by atoms with E-state index in [0.717, 1.165) is 6.42 Å². The second-order valence-electron chi connectivity index (χ2n) is 2.67. The molecule has 0 aromatic rings. The number of allylic oxidation sites excluding steroid dienone is 4. The molecule has 56 valence electrons. The molecule has 0 aromatic carbocycles. The quantitative estimate of drug-likeness (QED) is 0.411. The Labute approximate surface area is 64.0 Å². The molecule has 10 heavy (non-hydrogen) atoms. The summed E-state index contributed by atoms with van der Waals surface area (Å²) in [4.78, 5) is 0. The van der Waals surface area contributed by atoms with Gasteiger partial charge >= 0.3 is 0 Å². The van der Waals surface area contributed by atoms with Crippen LogP contribution in [0.25, 0.3) is 0 Å². The molecule has 0 heteroatoms. The van der Waals surface area contributed by atoms with Gasteiger partial charge in [-0.25, -0.2) is 0 Å². The highest BCUT2D eigenvalue weighted by molar-refractivity contribution is 5.09. The maximum absolute atomic E-state index is 3.72. The maximum atomic E-state index is 3.72. The molecule has 0 nitrogen and oxygen atoms in total. The fourth-order valence-electron chi connectivity index (χ4n) is 0.860. The Bertz CT molecular complexity index is 140. The minimum Gasteiger partial charge on any atom is -0.103 e. The Kier molecular flexibility index (Phi) is 4.65. The molecule has 1 unspecified atom stereocenters. The molecule has 0 saturated heterocycles. The lowest BCUT2D eigenvalue weighted by Crippen LogP contribution is -1.88.